The molecule has 2 saturated heterocycles. The van der Waals surface area contributed by atoms with Crippen molar-refractivity contribution in [1.82, 2.24) is 4.90 Å². The Kier molecular flexibility index (Phi) is 3.29. The molecule has 0 aromatic heterocycles. The van der Waals surface area contributed by atoms with Crippen LogP contribution in [0, 0.1) is 0 Å². The molecule has 0 unspecified atom stereocenters. The van der Waals surface area contributed by atoms with E-state index < -0.39 is 0 Å². The number of benzene rings is 1. The van der Waals surface area contributed by atoms with Crippen LogP contribution in [0.25, 0.3) is 0 Å². The normalized spacial score (nSPS) is 21.4. The third kappa shape index (κ3) is 2.61. The highest BCUT2D eigenvalue weighted by atomic mass is 16.5. The van der Waals surface area contributed by atoms with Gasteiger partial charge >= 0.3 is 0 Å². The van der Waals surface area contributed by atoms with Crippen LogP contribution in [0.15, 0.2) is 24.3 Å². The van der Waals surface area contributed by atoms with E-state index >= 15 is 0 Å². The molecule has 17 heavy (non-hydrogen) atoms. The predicted molar refractivity (Wildman–Crippen MR) is 69.2 cm³/mol. The number of ether oxygens (including phenoxy) is 1. The first kappa shape index (κ1) is 11.1. The van der Waals surface area contributed by atoms with E-state index in [0.29, 0.717) is 6.04 Å². The minimum Gasteiger partial charge on any atom is -0.377 e. The lowest BCUT2D eigenvalue weighted by molar-refractivity contribution is 0.0210. The van der Waals surface area contributed by atoms with Gasteiger partial charge in [0.1, 0.15) is 0 Å². The summed E-state index contributed by atoms with van der Waals surface area (Å²) in [6.07, 6.45) is 2.71. The second kappa shape index (κ2) is 5.07. The first-order valence-corrected chi connectivity index (χ1v) is 6.56. The van der Waals surface area contributed by atoms with Crippen LogP contribution in [0.4, 0.5) is 5.69 Å². The van der Waals surface area contributed by atoms with E-state index in [1.807, 2.05) is 0 Å². The smallest absolute Gasteiger partial charge is 0.0728 e. The average Bonchev–Trinajstić information content (AvgIpc) is 2.78. The van der Waals surface area contributed by atoms with Gasteiger partial charge in [-0.2, -0.15) is 0 Å². The summed E-state index contributed by atoms with van der Waals surface area (Å²) in [4.78, 5) is 2.54. The Morgan fingerprint density at radius 3 is 2.65 bits per heavy atom. The number of likely N-dealkylation sites (tertiary alicyclic amines) is 1. The SMILES string of the molecule is c1ccc(NC2COC2)c(CN2CCCC2)c1. The third-order valence-electron chi connectivity index (χ3n) is 3.61. The van der Waals surface area contributed by atoms with Crippen molar-refractivity contribution in [3.63, 3.8) is 0 Å². The molecule has 1 aromatic rings. The molecule has 3 heteroatoms. The van der Waals surface area contributed by atoms with E-state index in [4.69, 9.17) is 4.74 Å². The van der Waals surface area contributed by atoms with Crippen molar-refractivity contribution < 1.29 is 4.74 Å². The fourth-order valence-corrected chi connectivity index (χ4v) is 2.52. The first-order chi connectivity index (χ1) is 8.42. The zero-order valence-electron chi connectivity index (χ0n) is 10.2. The zero-order valence-corrected chi connectivity index (χ0v) is 10.2. The van der Waals surface area contributed by atoms with E-state index in [9.17, 15) is 0 Å². The van der Waals surface area contributed by atoms with Gasteiger partial charge in [-0.3, -0.25) is 4.90 Å². The van der Waals surface area contributed by atoms with Gasteiger partial charge in [-0.15, -0.1) is 0 Å². The number of nitrogens with zero attached hydrogens (tertiary/aromatic N) is 1. The van der Waals surface area contributed by atoms with E-state index in [0.717, 1.165) is 19.8 Å². The molecule has 2 aliphatic heterocycles. The van der Waals surface area contributed by atoms with Crippen molar-refractivity contribution in [2.75, 3.05) is 31.6 Å². The van der Waals surface area contributed by atoms with Crippen molar-refractivity contribution in [2.45, 2.75) is 25.4 Å². The van der Waals surface area contributed by atoms with Gasteiger partial charge in [0.05, 0.1) is 19.3 Å². The Balaban J connectivity index is 1.68. The summed E-state index contributed by atoms with van der Waals surface area (Å²) in [6, 6.07) is 9.17. The molecule has 92 valence electrons. The second-order valence-corrected chi connectivity index (χ2v) is 5.02. The molecule has 0 saturated carbocycles. The molecule has 2 heterocycles. The van der Waals surface area contributed by atoms with Crippen LogP contribution in [-0.2, 0) is 11.3 Å². The van der Waals surface area contributed by atoms with Crippen LogP contribution in [0.2, 0.25) is 0 Å². The molecular formula is C14H20N2O. The molecule has 0 bridgehead atoms. The van der Waals surface area contributed by atoms with E-state index in [2.05, 4.69) is 34.5 Å². The highest BCUT2D eigenvalue weighted by Crippen LogP contribution is 2.21. The van der Waals surface area contributed by atoms with Crippen molar-refractivity contribution in [2.24, 2.45) is 0 Å². The maximum atomic E-state index is 5.21. The summed E-state index contributed by atoms with van der Waals surface area (Å²) in [5.41, 5.74) is 2.70. The summed E-state index contributed by atoms with van der Waals surface area (Å²) in [5, 5.41) is 3.57. The minimum atomic E-state index is 0.509. The standard InChI is InChI=1S/C14H20N2O/c1-2-6-14(15-13-10-17-11-13)12(5-1)9-16-7-3-4-8-16/h1-2,5-6,13,15H,3-4,7-11H2. The van der Waals surface area contributed by atoms with E-state index in [-0.39, 0.29) is 0 Å². The molecule has 0 radical (unpaired) electrons. The van der Waals surface area contributed by atoms with Gasteiger partial charge in [-0.05, 0) is 37.6 Å². The topological polar surface area (TPSA) is 24.5 Å². The highest BCUT2D eigenvalue weighted by molar-refractivity contribution is 5.52. The molecule has 3 nitrogen and oxygen atoms in total. The van der Waals surface area contributed by atoms with Crippen LogP contribution >= 0.6 is 0 Å². The predicted octanol–water partition coefficient (Wildman–Crippen LogP) is 2.09. The summed E-state index contributed by atoms with van der Waals surface area (Å²) in [7, 11) is 0. The monoisotopic (exact) mass is 232 g/mol. The number of anilines is 1. The largest absolute Gasteiger partial charge is 0.377 e. The Morgan fingerprint density at radius 1 is 1.18 bits per heavy atom. The maximum Gasteiger partial charge on any atom is 0.0728 e. The van der Waals surface area contributed by atoms with Crippen molar-refractivity contribution in [3.8, 4) is 0 Å². The van der Waals surface area contributed by atoms with Crippen LogP contribution in [0.1, 0.15) is 18.4 Å². The number of hydrogen-bond acceptors (Lipinski definition) is 3. The molecule has 3 rings (SSSR count). The Hall–Kier alpha value is -1.06. The molecule has 1 N–H and O–H groups in total. The molecule has 1 aromatic carbocycles. The first-order valence-electron chi connectivity index (χ1n) is 6.56. The Bertz CT molecular complexity index is 370. The van der Waals surface area contributed by atoms with Gasteiger partial charge in [0, 0.05) is 12.2 Å². The van der Waals surface area contributed by atoms with Gasteiger partial charge in [0.2, 0.25) is 0 Å². The van der Waals surface area contributed by atoms with Crippen molar-refractivity contribution in [3.05, 3.63) is 29.8 Å². The molecule has 2 fully saturated rings. The fraction of sp³-hybridized carbons (Fsp3) is 0.571. The summed E-state index contributed by atoms with van der Waals surface area (Å²) < 4.78 is 5.21. The average molecular weight is 232 g/mol. The molecule has 2 aliphatic rings. The minimum absolute atomic E-state index is 0.509. The van der Waals surface area contributed by atoms with Gasteiger partial charge in [-0.1, -0.05) is 18.2 Å². The van der Waals surface area contributed by atoms with E-state index in [1.54, 1.807) is 0 Å². The lowest BCUT2D eigenvalue weighted by Crippen LogP contribution is -2.40. The number of nitrogens with one attached hydrogen (secondary N) is 1. The Morgan fingerprint density at radius 2 is 1.94 bits per heavy atom. The molecular weight excluding hydrogens is 212 g/mol. The number of para-hydroxylation sites is 1. The van der Waals surface area contributed by atoms with Gasteiger partial charge in [-0.25, -0.2) is 0 Å². The Labute approximate surface area is 103 Å². The van der Waals surface area contributed by atoms with Gasteiger partial charge < -0.3 is 10.1 Å². The van der Waals surface area contributed by atoms with Crippen LogP contribution in [0.5, 0.6) is 0 Å². The van der Waals surface area contributed by atoms with E-state index in [1.165, 1.54) is 37.2 Å². The summed E-state index contributed by atoms with van der Waals surface area (Å²) in [6.45, 7) is 5.27. The maximum absolute atomic E-state index is 5.21. The van der Waals surface area contributed by atoms with Crippen LogP contribution < -0.4 is 5.32 Å². The van der Waals surface area contributed by atoms with Gasteiger partial charge in [0.25, 0.3) is 0 Å². The molecule has 0 amide bonds. The molecule has 0 spiro atoms. The number of hydrogen-bond donors (Lipinski definition) is 1. The van der Waals surface area contributed by atoms with Gasteiger partial charge in [0.15, 0.2) is 0 Å². The van der Waals surface area contributed by atoms with Crippen LogP contribution in [-0.4, -0.2) is 37.2 Å². The second-order valence-electron chi connectivity index (χ2n) is 5.02. The zero-order chi connectivity index (χ0) is 11.5. The highest BCUT2D eigenvalue weighted by Gasteiger charge is 2.19. The number of rotatable bonds is 4. The van der Waals surface area contributed by atoms with Crippen molar-refractivity contribution >= 4 is 5.69 Å². The fourth-order valence-electron chi connectivity index (χ4n) is 2.52. The quantitative estimate of drug-likeness (QED) is 0.860. The van der Waals surface area contributed by atoms with Crippen LogP contribution in [0.3, 0.4) is 0 Å². The van der Waals surface area contributed by atoms with Crippen molar-refractivity contribution in [1.29, 1.82) is 0 Å². The summed E-state index contributed by atoms with van der Waals surface area (Å²) in [5.74, 6) is 0. The molecule has 0 atom stereocenters. The lowest BCUT2D eigenvalue weighted by Gasteiger charge is -2.29. The lowest BCUT2D eigenvalue weighted by atomic mass is 10.1. The third-order valence-corrected chi connectivity index (χ3v) is 3.61. The summed E-state index contributed by atoms with van der Waals surface area (Å²) >= 11 is 0. The molecule has 0 aliphatic carbocycles.